The lowest BCUT2D eigenvalue weighted by Crippen LogP contribution is -2.60. The van der Waals surface area contributed by atoms with Gasteiger partial charge in [-0.25, -0.2) is 14.2 Å². The van der Waals surface area contributed by atoms with Gasteiger partial charge in [0.25, 0.3) is 5.91 Å². The van der Waals surface area contributed by atoms with Crippen molar-refractivity contribution in [3.05, 3.63) is 18.3 Å². The van der Waals surface area contributed by atoms with E-state index in [1.807, 2.05) is 20.8 Å². The SMILES string of the molecule is CC(C)(C)[C@H](NC(=O)OCC1CC1)C(=O)N1C[C@@H]2[C@H]3C[C@@H]([C@@H]2[C@H]1C(=O)N1C[C@@]2(C[C@H]1C#N)Oc1cccnc1NC2=O)[C@H](F)C3. The molecule has 12 nitrogen and oxygen atoms in total. The maximum Gasteiger partial charge on any atom is 0.407 e. The summed E-state index contributed by atoms with van der Waals surface area (Å²) in [4.78, 5) is 62.2. The molecule has 1 spiro atoms. The van der Waals surface area contributed by atoms with Crippen LogP contribution in [-0.2, 0) is 19.1 Å². The molecule has 3 aliphatic heterocycles. The molecule has 5 fully saturated rings. The number of pyridine rings is 1. The molecule has 2 bridgehead atoms. The van der Waals surface area contributed by atoms with E-state index in [2.05, 4.69) is 21.7 Å². The number of nitrogens with zero attached hydrogens (tertiary/aromatic N) is 4. The van der Waals surface area contributed by atoms with Crippen molar-refractivity contribution in [3.8, 4) is 11.8 Å². The second-order valence-electron chi connectivity index (χ2n) is 14.8. The number of alkyl halides is 1. The monoisotopic (exact) mass is 622 g/mol. The summed E-state index contributed by atoms with van der Waals surface area (Å²) in [5, 5.41) is 15.7. The average Bonchev–Trinajstić information content (AvgIpc) is 3.30. The van der Waals surface area contributed by atoms with Gasteiger partial charge in [0.15, 0.2) is 11.6 Å². The number of anilines is 1. The number of nitriles is 1. The van der Waals surface area contributed by atoms with Crippen molar-refractivity contribution in [1.29, 1.82) is 5.26 Å². The predicted octanol–water partition coefficient (Wildman–Crippen LogP) is 2.65. The Morgan fingerprint density at radius 2 is 2.04 bits per heavy atom. The minimum absolute atomic E-state index is 0.0424. The number of aromatic nitrogens is 1. The van der Waals surface area contributed by atoms with Crippen molar-refractivity contribution >= 4 is 29.6 Å². The van der Waals surface area contributed by atoms with Crippen LogP contribution in [0.3, 0.4) is 0 Å². The van der Waals surface area contributed by atoms with Crippen LogP contribution in [0.2, 0.25) is 0 Å². The third kappa shape index (κ3) is 4.97. The van der Waals surface area contributed by atoms with Crippen molar-refractivity contribution in [2.75, 3.05) is 25.0 Å². The molecule has 4 heterocycles. The van der Waals surface area contributed by atoms with Crippen LogP contribution in [0.1, 0.15) is 52.9 Å². The van der Waals surface area contributed by atoms with Gasteiger partial charge < -0.3 is 29.9 Å². The van der Waals surface area contributed by atoms with Crippen LogP contribution in [0.5, 0.6) is 5.75 Å². The zero-order valence-corrected chi connectivity index (χ0v) is 25.7. The lowest BCUT2D eigenvalue weighted by molar-refractivity contribution is -0.149. The first-order chi connectivity index (χ1) is 21.4. The summed E-state index contributed by atoms with van der Waals surface area (Å²) in [6.45, 7) is 5.82. The van der Waals surface area contributed by atoms with Gasteiger partial charge in [-0.3, -0.25) is 14.4 Å². The van der Waals surface area contributed by atoms with Crippen molar-refractivity contribution in [2.45, 2.75) is 82.8 Å². The van der Waals surface area contributed by atoms with Gasteiger partial charge in [-0.1, -0.05) is 20.8 Å². The molecule has 2 saturated heterocycles. The van der Waals surface area contributed by atoms with Gasteiger partial charge in [0.2, 0.25) is 17.4 Å². The Morgan fingerprint density at radius 1 is 1.27 bits per heavy atom. The van der Waals surface area contributed by atoms with Crippen LogP contribution < -0.4 is 15.4 Å². The molecule has 45 heavy (non-hydrogen) atoms. The second kappa shape index (κ2) is 10.6. The van der Waals surface area contributed by atoms with E-state index in [0.717, 1.165) is 12.8 Å². The molecule has 7 rings (SSSR count). The Hall–Kier alpha value is -3.95. The fourth-order valence-corrected chi connectivity index (χ4v) is 8.37. The van der Waals surface area contributed by atoms with Crippen molar-refractivity contribution in [3.63, 3.8) is 0 Å². The van der Waals surface area contributed by atoms with Crippen LogP contribution in [0.4, 0.5) is 15.0 Å². The first-order valence-electron chi connectivity index (χ1n) is 15.9. The molecule has 4 amide bonds. The topological polar surface area (TPSA) is 154 Å². The van der Waals surface area contributed by atoms with E-state index in [1.165, 1.54) is 16.0 Å². The van der Waals surface area contributed by atoms with Crippen LogP contribution in [0, 0.1) is 46.3 Å². The molecule has 3 saturated carbocycles. The van der Waals surface area contributed by atoms with Crippen LogP contribution in [-0.4, -0.2) is 88.2 Å². The van der Waals surface area contributed by atoms with Gasteiger partial charge in [0.1, 0.15) is 24.3 Å². The predicted molar refractivity (Wildman–Crippen MR) is 156 cm³/mol. The van der Waals surface area contributed by atoms with Gasteiger partial charge in [-0.05, 0) is 72.8 Å². The largest absolute Gasteiger partial charge is 0.472 e. The summed E-state index contributed by atoms with van der Waals surface area (Å²) in [5.41, 5.74) is -2.25. The van der Waals surface area contributed by atoms with E-state index in [9.17, 15) is 24.4 Å². The summed E-state index contributed by atoms with van der Waals surface area (Å²) >= 11 is 0. The van der Waals surface area contributed by atoms with Crippen LogP contribution in [0.15, 0.2) is 18.3 Å². The number of likely N-dealkylation sites (tertiary alicyclic amines) is 2. The fourth-order valence-electron chi connectivity index (χ4n) is 8.37. The quantitative estimate of drug-likeness (QED) is 0.508. The molecule has 9 atom stereocenters. The molecule has 13 heteroatoms. The molecule has 3 aliphatic carbocycles. The molecule has 240 valence electrons. The Morgan fingerprint density at radius 3 is 2.76 bits per heavy atom. The van der Waals surface area contributed by atoms with Crippen molar-refractivity contribution < 1.29 is 33.0 Å². The van der Waals surface area contributed by atoms with Gasteiger partial charge in [-0.2, -0.15) is 5.26 Å². The highest BCUT2D eigenvalue weighted by Gasteiger charge is 2.65. The van der Waals surface area contributed by atoms with E-state index in [1.54, 1.807) is 12.1 Å². The highest BCUT2D eigenvalue weighted by Crippen LogP contribution is 2.59. The number of carbonyl (C=O) groups excluding carboxylic acids is 4. The molecule has 0 aromatic carbocycles. The first kappa shape index (κ1) is 29.7. The van der Waals surface area contributed by atoms with E-state index < -0.39 is 65.0 Å². The summed E-state index contributed by atoms with van der Waals surface area (Å²) in [7, 11) is 0. The summed E-state index contributed by atoms with van der Waals surface area (Å²) in [6, 6.07) is 2.42. The minimum Gasteiger partial charge on any atom is -0.472 e. The lowest BCUT2D eigenvalue weighted by atomic mass is 9.77. The maximum atomic E-state index is 15.3. The van der Waals surface area contributed by atoms with E-state index in [4.69, 9.17) is 9.47 Å². The van der Waals surface area contributed by atoms with E-state index in [0.29, 0.717) is 24.5 Å². The molecule has 0 radical (unpaired) electrons. The highest BCUT2D eigenvalue weighted by molar-refractivity contribution is 6.01. The Kier molecular flexibility index (Phi) is 6.98. The zero-order chi connectivity index (χ0) is 31.8. The summed E-state index contributed by atoms with van der Waals surface area (Å²) < 4.78 is 26.8. The lowest BCUT2D eigenvalue weighted by Gasteiger charge is -2.38. The van der Waals surface area contributed by atoms with E-state index in [-0.39, 0.29) is 49.7 Å². The van der Waals surface area contributed by atoms with E-state index >= 15 is 4.39 Å². The van der Waals surface area contributed by atoms with Crippen LogP contribution in [0.25, 0.3) is 0 Å². The zero-order valence-electron chi connectivity index (χ0n) is 25.7. The average molecular weight is 623 g/mol. The van der Waals surface area contributed by atoms with Gasteiger partial charge >= 0.3 is 6.09 Å². The third-order valence-corrected chi connectivity index (χ3v) is 10.8. The minimum atomic E-state index is -1.52. The molecule has 6 aliphatic rings. The molecular weight excluding hydrogens is 583 g/mol. The van der Waals surface area contributed by atoms with Crippen molar-refractivity contribution in [2.24, 2.45) is 35.0 Å². The molecular formula is C32H39FN6O6. The number of fused-ring (bicyclic) bond motifs is 6. The maximum absolute atomic E-state index is 15.3. The Balaban J connectivity index is 1.19. The van der Waals surface area contributed by atoms with Crippen molar-refractivity contribution in [1.82, 2.24) is 20.1 Å². The number of hydrogen-bond acceptors (Lipinski definition) is 8. The Labute approximate surface area is 261 Å². The van der Waals surface area contributed by atoms with Gasteiger partial charge in [0, 0.05) is 19.2 Å². The normalized spacial score (nSPS) is 35.3. The number of hydrogen-bond donors (Lipinski definition) is 2. The number of rotatable bonds is 5. The van der Waals surface area contributed by atoms with Gasteiger partial charge in [-0.15, -0.1) is 0 Å². The third-order valence-electron chi connectivity index (χ3n) is 10.8. The van der Waals surface area contributed by atoms with Gasteiger partial charge in [0.05, 0.1) is 19.2 Å². The van der Waals surface area contributed by atoms with Crippen LogP contribution >= 0.6 is 0 Å². The second-order valence-corrected chi connectivity index (χ2v) is 14.8. The molecule has 1 aromatic heterocycles. The number of alkyl carbamates (subject to hydrolysis) is 1. The number of amides is 4. The summed E-state index contributed by atoms with van der Waals surface area (Å²) in [6.07, 6.45) is 2.74. The molecule has 2 N–H and O–H groups in total. The highest BCUT2D eigenvalue weighted by atomic mass is 19.1. The fraction of sp³-hybridized carbons (Fsp3) is 0.688. The molecule has 1 aromatic rings. The standard InChI is InChI=1S/C32H39FN6O6/c1-31(2,3)25(36-30(43)44-14-16-6-7-16)28(41)38-13-20-17-9-19(21(33)10-17)23(20)24(38)27(40)39-15-32(11-18(39)12-34)29(42)37-26-22(45-32)5-4-8-35-26/h4-5,8,16-21,23-25H,6-7,9-11,13-15H2,1-3H3,(H,36,43)(H,35,37,42)/t17-,18-,19+,20+,21+,23-,24-,25+,32+/m0/s1. The Bertz CT molecular complexity index is 1470. The first-order valence-corrected chi connectivity index (χ1v) is 15.9. The summed E-state index contributed by atoms with van der Waals surface area (Å²) in [5.74, 6) is -1.37. The number of halogens is 1. The smallest absolute Gasteiger partial charge is 0.407 e. The molecule has 0 unspecified atom stereocenters. The number of nitrogens with one attached hydrogen (secondary N) is 2. The number of ether oxygens (including phenoxy) is 2. The number of carbonyl (C=O) groups is 4.